The van der Waals surface area contributed by atoms with Gasteiger partial charge in [0.25, 0.3) is 0 Å². The summed E-state index contributed by atoms with van der Waals surface area (Å²) in [6.45, 7) is 19.4. The number of allylic oxidation sites excluding steroid dienone is 8. The van der Waals surface area contributed by atoms with E-state index < -0.39 is 30.4 Å². The van der Waals surface area contributed by atoms with Crippen molar-refractivity contribution in [3.05, 3.63) is 70.4 Å². The lowest BCUT2D eigenvalue weighted by molar-refractivity contribution is -0.152. The van der Waals surface area contributed by atoms with Crippen LogP contribution in [0.2, 0.25) is 0 Å². The molecule has 284 valence electrons. The molecule has 0 saturated heterocycles. The van der Waals surface area contributed by atoms with E-state index in [1.165, 1.54) is 6.08 Å². The Bertz CT molecular complexity index is 1230. The Morgan fingerprint density at radius 1 is 0.960 bits per heavy atom. The Morgan fingerprint density at radius 3 is 2.24 bits per heavy atom. The van der Waals surface area contributed by atoms with Crippen LogP contribution in [0.25, 0.3) is 0 Å². The number of hydrogen-bond acceptors (Lipinski definition) is 8. The summed E-state index contributed by atoms with van der Waals surface area (Å²) in [5, 5.41) is 39.4. The Labute approximate surface area is 302 Å². The molecular formula is C42H68O8. The van der Waals surface area contributed by atoms with Gasteiger partial charge in [0.1, 0.15) is 12.2 Å². The van der Waals surface area contributed by atoms with Gasteiger partial charge in [-0.25, -0.2) is 4.79 Å². The summed E-state index contributed by atoms with van der Waals surface area (Å²) >= 11 is 0. The molecule has 8 heteroatoms. The molecular weight excluding hydrogens is 632 g/mol. The molecule has 0 bridgehead atoms. The highest BCUT2D eigenvalue weighted by Crippen LogP contribution is 2.27. The van der Waals surface area contributed by atoms with E-state index in [9.17, 15) is 30.0 Å². The second-order valence-corrected chi connectivity index (χ2v) is 15.1. The average Bonchev–Trinajstić information content (AvgIpc) is 2.99. The van der Waals surface area contributed by atoms with E-state index in [4.69, 9.17) is 9.47 Å². The van der Waals surface area contributed by atoms with Crippen molar-refractivity contribution in [2.45, 2.75) is 164 Å². The van der Waals surface area contributed by atoms with Gasteiger partial charge >= 0.3 is 11.9 Å². The summed E-state index contributed by atoms with van der Waals surface area (Å²) in [5.41, 5.74) is 5.18. The van der Waals surface area contributed by atoms with Gasteiger partial charge in [-0.1, -0.05) is 85.1 Å². The van der Waals surface area contributed by atoms with Gasteiger partial charge in [-0.2, -0.15) is 0 Å². The van der Waals surface area contributed by atoms with Crippen LogP contribution in [0.1, 0.15) is 127 Å². The first-order valence-corrected chi connectivity index (χ1v) is 18.5. The maximum absolute atomic E-state index is 12.9. The van der Waals surface area contributed by atoms with Crippen LogP contribution in [-0.4, -0.2) is 69.0 Å². The molecule has 9 atom stereocenters. The molecule has 1 heterocycles. The summed E-state index contributed by atoms with van der Waals surface area (Å²) < 4.78 is 11.9. The predicted octanol–water partition coefficient (Wildman–Crippen LogP) is 8.01. The average molecular weight is 701 g/mol. The lowest BCUT2D eigenvalue weighted by Gasteiger charge is -2.27. The monoisotopic (exact) mass is 700 g/mol. The van der Waals surface area contributed by atoms with Crippen molar-refractivity contribution in [3.8, 4) is 0 Å². The Balaban J connectivity index is 2.87. The van der Waals surface area contributed by atoms with E-state index in [-0.39, 0.29) is 42.4 Å². The molecule has 50 heavy (non-hydrogen) atoms. The molecule has 0 spiro atoms. The highest BCUT2D eigenvalue weighted by Gasteiger charge is 2.26. The van der Waals surface area contributed by atoms with E-state index in [2.05, 4.69) is 26.8 Å². The largest absolute Gasteiger partial charge is 0.462 e. The maximum Gasteiger partial charge on any atom is 0.331 e. The van der Waals surface area contributed by atoms with Crippen molar-refractivity contribution >= 4 is 11.9 Å². The number of cyclic esters (lactones) is 1. The highest BCUT2D eigenvalue weighted by molar-refractivity contribution is 5.82. The van der Waals surface area contributed by atoms with Gasteiger partial charge in [-0.05, 0) is 105 Å². The number of esters is 2. The summed E-state index contributed by atoms with van der Waals surface area (Å²) in [5.74, 6) is -0.598. The summed E-state index contributed by atoms with van der Waals surface area (Å²) in [7, 11) is 0. The van der Waals surface area contributed by atoms with Crippen LogP contribution in [0, 0.1) is 17.8 Å². The van der Waals surface area contributed by atoms with E-state index in [0.29, 0.717) is 38.5 Å². The standard InChI is InChI=1S/C42H68O8/c1-27(14-17-37(45)25-35(9)43)20-30(4)21-28(2)16-19-42(48)49-39-12-11-13-41(47)50-40(18-15-29(3)22-33(39)7)34(8)24-31(5)23-32(6)38(46)26-36(10)44/h14-16,19-21,23,32-40,43-46H,11-13,17-18,22,24-26H2,1-10H3/b19-16+,27-14-,28-21-,29-15+,30-20-,31-23+/t32-,33+,34+,35+,36-,37-,38-,39+,40-/m1/s1. The quantitative estimate of drug-likeness (QED) is 0.0551. The van der Waals surface area contributed by atoms with Gasteiger partial charge in [-0.3, -0.25) is 4.79 Å². The lowest BCUT2D eigenvalue weighted by atomic mass is 9.89. The first kappa shape index (κ1) is 45.2. The van der Waals surface area contributed by atoms with Gasteiger partial charge < -0.3 is 29.9 Å². The Morgan fingerprint density at radius 2 is 1.60 bits per heavy atom. The smallest absolute Gasteiger partial charge is 0.331 e. The fraction of sp³-hybridized carbons (Fsp3) is 0.667. The van der Waals surface area contributed by atoms with Crippen LogP contribution in [-0.2, 0) is 19.1 Å². The molecule has 0 unspecified atom stereocenters. The SMILES string of the molecule is CC(=C/C[C@@H](O)C[C@H](C)O)/C=C(C)\C=C(C)/C=C/C(=O)O[C@H]1CCCC(=O)O[C@@H]([C@@H](C)C/C(C)=C/[C@@H](C)[C@H](O)C[C@@H](C)O)C/C=C(\C)C[C@@H]1C. The number of rotatable bonds is 16. The molecule has 0 aliphatic carbocycles. The third-order valence-electron chi connectivity index (χ3n) is 9.13. The first-order chi connectivity index (χ1) is 23.4. The fourth-order valence-corrected chi connectivity index (χ4v) is 6.47. The van der Waals surface area contributed by atoms with E-state index in [1.54, 1.807) is 19.9 Å². The topological polar surface area (TPSA) is 134 Å². The van der Waals surface area contributed by atoms with Gasteiger partial charge in [0.05, 0.1) is 24.4 Å². The van der Waals surface area contributed by atoms with Crippen molar-refractivity contribution in [2.24, 2.45) is 17.8 Å². The zero-order valence-corrected chi connectivity index (χ0v) is 32.5. The van der Waals surface area contributed by atoms with Gasteiger partial charge in [0.15, 0.2) is 0 Å². The first-order valence-electron chi connectivity index (χ1n) is 18.5. The second kappa shape index (κ2) is 23.6. The molecule has 0 aromatic carbocycles. The molecule has 1 aliphatic rings. The number of ether oxygens (including phenoxy) is 2. The van der Waals surface area contributed by atoms with E-state index >= 15 is 0 Å². The normalized spacial score (nSPS) is 25.7. The third kappa shape index (κ3) is 20.2. The van der Waals surface area contributed by atoms with Crippen molar-refractivity contribution in [2.75, 3.05) is 0 Å². The number of aliphatic hydroxyl groups is 4. The zero-order chi connectivity index (χ0) is 38.0. The van der Waals surface area contributed by atoms with Crippen LogP contribution in [0.5, 0.6) is 0 Å². The molecule has 0 fully saturated rings. The molecule has 4 N–H and O–H groups in total. The van der Waals surface area contributed by atoms with Crippen molar-refractivity contribution in [1.82, 2.24) is 0 Å². The fourth-order valence-electron chi connectivity index (χ4n) is 6.47. The summed E-state index contributed by atoms with van der Waals surface area (Å²) in [6.07, 6.45) is 15.0. The van der Waals surface area contributed by atoms with Gasteiger partial charge in [-0.15, -0.1) is 0 Å². The van der Waals surface area contributed by atoms with Crippen LogP contribution in [0.4, 0.5) is 0 Å². The highest BCUT2D eigenvalue weighted by atomic mass is 16.5. The minimum Gasteiger partial charge on any atom is -0.462 e. The summed E-state index contributed by atoms with van der Waals surface area (Å²) in [4.78, 5) is 25.8. The Kier molecular flexibility index (Phi) is 21.4. The van der Waals surface area contributed by atoms with E-state index in [0.717, 1.165) is 40.7 Å². The maximum atomic E-state index is 12.9. The molecule has 1 aliphatic heterocycles. The number of carbonyl (C=O) groups excluding carboxylic acids is 2. The summed E-state index contributed by atoms with van der Waals surface area (Å²) in [6, 6.07) is 0. The molecule has 0 saturated carbocycles. The number of carbonyl (C=O) groups is 2. The molecule has 0 amide bonds. The molecule has 0 aromatic rings. The Hall–Kier alpha value is -2.78. The van der Waals surface area contributed by atoms with Gasteiger partial charge in [0.2, 0.25) is 0 Å². The predicted molar refractivity (Wildman–Crippen MR) is 202 cm³/mol. The molecule has 0 radical (unpaired) electrons. The molecule has 0 aromatic heterocycles. The second-order valence-electron chi connectivity index (χ2n) is 15.1. The minimum absolute atomic E-state index is 0.0744. The van der Waals surface area contributed by atoms with Crippen LogP contribution < -0.4 is 0 Å². The molecule has 8 nitrogen and oxygen atoms in total. The number of hydrogen-bond donors (Lipinski definition) is 4. The zero-order valence-electron chi connectivity index (χ0n) is 32.5. The van der Waals surface area contributed by atoms with Crippen molar-refractivity contribution in [3.63, 3.8) is 0 Å². The number of aliphatic hydroxyl groups excluding tert-OH is 4. The molecule has 1 rings (SSSR count). The van der Waals surface area contributed by atoms with E-state index in [1.807, 2.05) is 58.9 Å². The third-order valence-corrected chi connectivity index (χ3v) is 9.13. The van der Waals surface area contributed by atoms with Gasteiger partial charge in [0, 0.05) is 24.8 Å². The van der Waals surface area contributed by atoms with Crippen LogP contribution in [0.3, 0.4) is 0 Å². The van der Waals surface area contributed by atoms with Crippen molar-refractivity contribution in [1.29, 1.82) is 0 Å². The lowest BCUT2D eigenvalue weighted by Crippen LogP contribution is -2.28. The van der Waals surface area contributed by atoms with Crippen molar-refractivity contribution < 1.29 is 39.5 Å². The minimum atomic E-state index is -0.614. The van der Waals surface area contributed by atoms with Crippen LogP contribution in [0.15, 0.2) is 70.4 Å². The van der Waals surface area contributed by atoms with Crippen LogP contribution >= 0.6 is 0 Å².